The predicted octanol–water partition coefficient (Wildman–Crippen LogP) is 2.94. The molecule has 0 aromatic heterocycles. The van der Waals surface area contributed by atoms with Crippen molar-refractivity contribution in [3.63, 3.8) is 0 Å². The molecule has 0 N–H and O–H groups in total. The Hall–Kier alpha value is -0.623. The van der Waals surface area contributed by atoms with E-state index in [0.717, 1.165) is 21.3 Å². The molecule has 6 nitrogen and oxygen atoms in total. The molecule has 0 aliphatic carbocycles. The Kier molecular flexibility index (Phi) is 8.43. The lowest BCUT2D eigenvalue weighted by atomic mass is 10.1. The third-order valence-electron chi connectivity index (χ3n) is 3.74. The first-order valence-electron chi connectivity index (χ1n) is 7.12. The van der Waals surface area contributed by atoms with Gasteiger partial charge in [-0.15, -0.1) is 0 Å². The summed E-state index contributed by atoms with van der Waals surface area (Å²) in [6.45, 7) is -0.948. The van der Waals surface area contributed by atoms with Gasteiger partial charge in [-0.2, -0.15) is 43.8 Å². The molecule has 0 aromatic carbocycles. The van der Waals surface area contributed by atoms with Crippen LogP contribution >= 0.6 is 0 Å². The van der Waals surface area contributed by atoms with Crippen molar-refractivity contribution in [3.05, 3.63) is 0 Å². The number of hydrogen-bond donors (Lipinski definition) is 0. The molecular weight excluding hydrogens is 457 g/mol. The maximum atomic E-state index is 13.7. The molecule has 0 aliphatic heterocycles. The number of halogens is 9. The summed E-state index contributed by atoms with van der Waals surface area (Å²) in [6, 6.07) is -0.197. The molecule has 0 bridgehead atoms. The van der Waals surface area contributed by atoms with Gasteiger partial charge >= 0.3 is 32.1 Å². The maximum Gasteiger partial charge on any atom is 0.500 e. The fraction of sp³-hybridized carbons (Fsp3) is 1.00. The lowest BCUT2D eigenvalue weighted by Gasteiger charge is -2.35. The molecule has 0 radical (unpaired) electrons. The first kappa shape index (κ1) is 27.4. The van der Waals surface area contributed by atoms with Crippen LogP contribution in [0.15, 0.2) is 0 Å². The van der Waals surface area contributed by atoms with Gasteiger partial charge in [0.25, 0.3) is 10.0 Å². The highest BCUT2D eigenvalue weighted by atomic mass is 32.2. The minimum absolute atomic E-state index is 0.197. The molecule has 0 unspecified atom stereocenters. The van der Waals surface area contributed by atoms with Crippen LogP contribution in [0.25, 0.3) is 0 Å². The monoisotopic (exact) mass is 475 g/mol. The van der Waals surface area contributed by atoms with Crippen molar-refractivity contribution in [1.29, 1.82) is 0 Å². The molecule has 0 saturated heterocycles. The molecule has 0 amide bonds. The van der Waals surface area contributed by atoms with Gasteiger partial charge in [-0.05, 0) is 6.42 Å². The number of sulfonamides is 1. The highest BCUT2D eigenvalue weighted by Crippen LogP contribution is 2.55. The van der Waals surface area contributed by atoms with Gasteiger partial charge in [0.15, 0.2) is 0 Å². The zero-order chi connectivity index (χ0) is 22.8. The van der Waals surface area contributed by atoms with Crippen molar-refractivity contribution in [2.75, 3.05) is 34.9 Å². The van der Waals surface area contributed by atoms with Gasteiger partial charge in [0.2, 0.25) is 0 Å². The van der Waals surface area contributed by atoms with Crippen LogP contribution in [0.5, 0.6) is 0 Å². The van der Waals surface area contributed by atoms with E-state index in [-0.39, 0.29) is 12.5 Å². The molecule has 0 aliphatic rings. The molecule has 0 aromatic rings. The van der Waals surface area contributed by atoms with Gasteiger partial charge in [0.05, 0.1) is 0 Å². The highest BCUT2D eigenvalue weighted by Gasteiger charge is 2.85. The summed E-state index contributed by atoms with van der Waals surface area (Å²) < 4.78 is 154. The molecule has 170 valence electrons. The smallest absolute Gasteiger partial charge is 0.377 e. The van der Waals surface area contributed by atoms with E-state index in [9.17, 15) is 47.9 Å². The lowest BCUT2D eigenvalue weighted by Crippen LogP contribution is -2.65. The Labute approximate surface area is 155 Å². The Morgan fingerprint density at radius 3 is 1.54 bits per heavy atom. The third kappa shape index (κ3) is 4.58. The van der Waals surface area contributed by atoms with Crippen molar-refractivity contribution in [1.82, 2.24) is 4.31 Å². The van der Waals surface area contributed by atoms with Crippen LogP contribution in [0.4, 0.5) is 39.5 Å². The van der Waals surface area contributed by atoms with Crippen LogP contribution in [0, 0.1) is 0 Å². The quantitative estimate of drug-likeness (QED) is 0.340. The van der Waals surface area contributed by atoms with E-state index in [1.807, 2.05) is 0 Å². The fourth-order valence-electron chi connectivity index (χ4n) is 1.91. The zero-order valence-corrected chi connectivity index (χ0v) is 16.7. The van der Waals surface area contributed by atoms with Crippen molar-refractivity contribution >= 4 is 18.8 Å². The number of nitrogens with zero attached hydrogens (tertiary/aromatic N) is 1. The van der Waals surface area contributed by atoms with Crippen molar-refractivity contribution < 1.29 is 61.2 Å². The van der Waals surface area contributed by atoms with Crippen molar-refractivity contribution in [2.24, 2.45) is 0 Å². The summed E-state index contributed by atoms with van der Waals surface area (Å²) in [5, 5.41) is -6.76. The van der Waals surface area contributed by atoms with Gasteiger partial charge in [-0.3, -0.25) is 0 Å². The van der Waals surface area contributed by atoms with Crippen LogP contribution in [0.1, 0.15) is 6.42 Å². The molecule has 0 rings (SSSR count). The van der Waals surface area contributed by atoms with Crippen LogP contribution in [-0.2, 0) is 23.3 Å². The van der Waals surface area contributed by atoms with Crippen LogP contribution in [0.2, 0.25) is 6.04 Å². The lowest BCUT2D eigenvalue weighted by molar-refractivity contribution is -0.382. The van der Waals surface area contributed by atoms with E-state index in [1.54, 1.807) is 0 Å². The molecular formula is C11H18F9NO5SSi. The fourth-order valence-corrected chi connectivity index (χ4v) is 4.83. The normalized spacial score (nSPS) is 15.4. The second kappa shape index (κ2) is 8.63. The van der Waals surface area contributed by atoms with Gasteiger partial charge < -0.3 is 13.3 Å². The van der Waals surface area contributed by atoms with E-state index in [2.05, 4.69) is 0 Å². The van der Waals surface area contributed by atoms with Crippen molar-refractivity contribution in [2.45, 2.75) is 35.7 Å². The first-order chi connectivity index (χ1) is 12.3. The Morgan fingerprint density at radius 1 is 0.821 bits per heavy atom. The SMILES string of the molecule is CO[Si](CCCN(C)S(=O)(=O)C(F)(F)C(F)(F)C(F)(F)C(F)(F)F)(OC)OC. The zero-order valence-electron chi connectivity index (χ0n) is 14.9. The number of alkyl halides is 9. The van der Waals surface area contributed by atoms with Gasteiger partial charge in [0, 0.05) is 41.0 Å². The van der Waals surface area contributed by atoms with Crippen LogP contribution in [0.3, 0.4) is 0 Å². The van der Waals surface area contributed by atoms with E-state index >= 15 is 0 Å². The van der Waals surface area contributed by atoms with Gasteiger partial charge in [-0.25, -0.2) is 8.42 Å². The Morgan fingerprint density at radius 2 is 1.21 bits per heavy atom. The van der Waals surface area contributed by atoms with Crippen LogP contribution in [-0.4, -0.2) is 79.7 Å². The second-order valence-corrected chi connectivity index (χ2v) is 10.6. The third-order valence-corrected chi connectivity index (χ3v) is 8.48. The average Bonchev–Trinajstić information content (AvgIpc) is 2.57. The molecule has 0 saturated carbocycles. The summed E-state index contributed by atoms with van der Waals surface area (Å²) in [5.74, 6) is -14.6. The highest BCUT2D eigenvalue weighted by molar-refractivity contribution is 7.90. The summed E-state index contributed by atoms with van der Waals surface area (Å²) in [7, 11) is -6.12. The van der Waals surface area contributed by atoms with Gasteiger partial charge in [-0.1, -0.05) is 0 Å². The van der Waals surface area contributed by atoms with Gasteiger partial charge in [0.1, 0.15) is 0 Å². The van der Waals surface area contributed by atoms with E-state index in [0.29, 0.717) is 7.05 Å². The largest absolute Gasteiger partial charge is 0.500 e. The Bertz CT molecular complexity index is 616. The summed E-state index contributed by atoms with van der Waals surface area (Å²) in [6.07, 6.45) is -7.50. The standard InChI is InChI=1S/C11H18F9NO5SSi/c1-21(6-5-7-28(24-2,25-3)26-4)27(22,23)11(19,20)9(14,15)8(12,13)10(16,17)18/h5-7H2,1-4H3. The first-order valence-corrected chi connectivity index (χ1v) is 10.5. The summed E-state index contributed by atoms with van der Waals surface area (Å²) in [5.41, 5.74) is 0. The topological polar surface area (TPSA) is 65.1 Å². The minimum atomic E-state index is -7.30. The molecule has 28 heavy (non-hydrogen) atoms. The predicted molar refractivity (Wildman–Crippen MR) is 78.7 cm³/mol. The van der Waals surface area contributed by atoms with Crippen molar-refractivity contribution in [3.8, 4) is 0 Å². The summed E-state index contributed by atoms with van der Waals surface area (Å²) in [4.78, 5) is 0. The Balaban J connectivity index is 5.62. The molecule has 0 atom stereocenters. The van der Waals surface area contributed by atoms with E-state index in [4.69, 9.17) is 13.3 Å². The van der Waals surface area contributed by atoms with Crippen LogP contribution < -0.4 is 0 Å². The molecule has 0 fully saturated rings. The maximum absolute atomic E-state index is 13.7. The van der Waals surface area contributed by atoms with E-state index in [1.165, 1.54) is 0 Å². The molecule has 0 spiro atoms. The number of rotatable bonds is 11. The number of hydrogen-bond acceptors (Lipinski definition) is 5. The molecule has 0 heterocycles. The average molecular weight is 475 g/mol. The molecule has 17 heteroatoms. The minimum Gasteiger partial charge on any atom is -0.377 e. The second-order valence-electron chi connectivity index (χ2n) is 5.39. The summed E-state index contributed by atoms with van der Waals surface area (Å²) >= 11 is 0. The van der Waals surface area contributed by atoms with E-state index < -0.39 is 53.0 Å².